The van der Waals surface area contributed by atoms with E-state index in [0.717, 1.165) is 44.0 Å². The molecule has 38 heavy (non-hydrogen) atoms. The molecule has 0 fully saturated rings. The van der Waals surface area contributed by atoms with Crippen molar-refractivity contribution < 1.29 is 26.7 Å². The third kappa shape index (κ3) is 5.42. The van der Waals surface area contributed by atoms with E-state index < -0.39 is 22.7 Å². The maximum atomic E-state index is 13.1. The highest BCUT2D eigenvalue weighted by atomic mass is 32.2. The Bertz CT molecular complexity index is 1740. The maximum absolute atomic E-state index is 13.1. The topological polar surface area (TPSA) is 103 Å². The van der Waals surface area contributed by atoms with Gasteiger partial charge in [-0.25, -0.2) is 36.9 Å². The van der Waals surface area contributed by atoms with Crippen LogP contribution in [0.5, 0.6) is 11.6 Å². The number of halogens is 2. The summed E-state index contributed by atoms with van der Waals surface area (Å²) in [5, 5.41) is 0.745. The molecule has 0 aliphatic heterocycles. The molecule has 2 heterocycles. The van der Waals surface area contributed by atoms with E-state index in [2.05, 4.69) is 14.7 Å². The molecule has 12 heteroatoms. The molecule has 5 aromatic rings. The second-order valence-corrected chi connectivity index (χ2v) is 11.2. The molecule has 0 bridgehead atoms. The van der Waals surface area contributed by atoms with Crippen molar-refractivity contribution in [3.63, 3.8) is 0 Å². The van der Waals surface area contributed by atoms with Crippen molar-refractivity contribution in [2.75, 3.05) is 20.0 Å². The summed E-state index contributed by atoms with van der Waals surface area (Å²) in [5.41, 5.74) is 4.67. The van der Waals surface area contributed by atoms with Crippen molar-refractivity contribution in [2.45, 2.75) is 18.7 Å². The third-order valence-corrected chi connectivity index (χ3v) is 8.16. The van der Waals surface area contributed by atoms with Crippen LogP contribution in [0.15, 0.2) is 59.6 Å². The van der Waals surface area contributed by atoms with Crippen molar-refractivity contribution >= 4 is 42.6 Å². The molecule has 5 rings (SSSR count). The highest BCUT2D eigenvalue weighted by molar-refractivity contribution is 7.89. The minimum absolute atomic E-state index is 0.0205. The number of rotatable bonds is 9. The number of nitrogens with one attached hydrogen (secondary N) is 1. The van der Waals surface area contributed by atoms with E-state index in [1.54, 1.807) is 0 Å². The van der Waals surface area contributed by atoms with Crippen molar-refractivity contribution in [1.29, 1.82) is 0 Å². The summed E-state index contributed by atoms with van der Waals surface area (Å²) < 4.78 is 64.4. The van der Waals surface area contributed by atoms with Crippen LogP contribution in [0.3, 0.4) is 0 Å². The number of aromatic nitrogens is 3. The number of sulfonamides is 1. The fourth-order valence-electron chi connectivity index (χ4n) is 3.94. The Morgan fingerprint density at radius 1 is 1.00 bits per heavy atom. The quantitative estimate of drug-likeness (QED) is 0.245. The van der Waals surface area contributed by atoms with E-state index in [-0.39, 0.29) is 23.9 Å². The summed E-state index contributed by atoms with van der Waals surface area (Å²) in [7, 11) is -3.77. The molecule has 0 amide bonds. The summed E-state index contributed by atoms with van der Waals surface area (Å²) in [5.74, 6) is 0.177. The van der Waals surface area contributed by atoms with Gasteiger partial charge in [-0.2, -0.15) is 0 Å². The van der Waals surface area contributed by atoms with Gasteiger partial charge in [-0.3, -0.25) is 0 Å². The van der Waals surface area contributed by atoms with E-state index in [1.165, 1.54) is 29.7 Å². The molecule has 8 nitrogen and oxygen atoms in total. The smallest absolute Gasteiger partial charge is 0.240 e. The van der Waals surface area contributed by atoms with Crippen LogP contribution >= 0.6 is 11.3 Å². The fourth-order valence-corrected chi connectivity index (χ4v) is 6.04. The van der Waals surface area contributed by atoms with Crippen molar-refractivity contribution in [3.8, 4) is 22.2 Å². The molecule has 0 spiro atoms. The molecule has 0 aliphatic carbocycles. The molecule has 0 saturated heterocycles. The van der Waals surface area contributed by atoms with E-state index in [4.69, 9.17) is 14.5 Å². The molecular weight excluding hydrogens is 534 g/mol. The Hall–Kier alpha value is -3.74. The number of alkyl halides is 1. The number of thiazole rings is 1. The van der Waals surface area contributed by atoms with Gasteiger partial charge in [-0.1, -0.05) is 0 Å². The largest absolute Gasteiger partial charge is 0.492 e. The van der Waals surface area contributed by atoms with Crippen LogP contribution in [0.1, 0.15) is 11.1 Å². The molecule has 0 radical (unpaired) electrons. The molecule has 1 N–H and O–H groups in total. The van der Waals surface area contributed by atoms with Crippen molar-refractivity contribution in [3.05, 3.63) is 71.7 Å². The van der Waals surface area contributed by atoms with Crippen LogP contribution in [-0.4, -0.2) is 43.4 Å². The number of aryl methyl sites for hydroxylation is 2. The van der Waals surface area contributed by atoms with Gasteiger partial charge in [0.1, 0.15) is 23.2 Å². The Labute approximate surface area is 221 Å². The Kier molecular flexibility index (Phi) is 7.19. The van der Waals surface area contributed by atoms with E-state index in [9.17, 15) is 17.2 Å². The summed E-state index contributed by atoms with van der Waals surface area (Å²) in [6.07, 6.45) is 1.38. The number of hydrogen-bond acceptors (Lipinski definition) is 8. The first kappa shape index (κ1) is 25.9. The average molecular weight is 557 g/mol. The zero-order valence-corrected chi connectivity index (χ0v) is 22.0. The number of hydrogen-bond donors (Lipinski definition) is 1. The van der Waals surface area contributed by atoms with Crippen LogP contribution in [0, 0.1) is 19.7 Å². The number of ether oxygens (including phenoxy) is 2. The molecular formula is C26H22F2N4O4S2. The average Bonchev–Trinajstić information content (AvgIpc) is 3.31. The van der Waals surface area contributed by atoms with Gasteiger partial charge < -0.3 is 9.47 Å². The zero-order chi connectivity index (χ0) is 26.9. The van der Waals surface area contributed by atoms with Gasteiger partial charge in [0.2, 0.25) is 22.8 Å². The lowest BCUT2D eigenvalue weighted by molar-refractivity contribution is 0.184. The lowest BCUT2D eigenvalue weighted by Crippen LogP contribution is -2.28. The third-order valence-electron chi connectivity index (χ3n) is 5.65. The monoisotopic (exact) mass is 556 g/mol. The lowest BCUT2D eigenvalue weighted by atomic mass is 10.1. The maximum Gasteiger partial charge on any atom is 0.240 e. The second kappa shape index (κ2) is 10.6. The molecule has 2 aromatic heterocycles. The van der Waals surface area contributed by atoms with Gasteiger partial charge in [0, 0.05) is 12.1 Å². The summed E-state index contributed by atoms with van der Waals surface area (Å²) in [4.78, 5) is 13.6. The summed E-state index contributed by atoms with van der Waals surface area (Å²) in [6, 6.07) is 12.1. The van der Waals surface area contributed by atoms with E-state index in [0.29, 0.717) is 16.8 Å². The van der Waals surface area contributed by atoms with Crippen LogP contribution in [0.4, 0.5) is 8.78 Å². The number of benzene rings is 3. The molecule has 3 aromatic carbocycles. The van der Waals surface area contributed by atoms with Crippen LogP contribution in [0.2, 0.25) is 0 Å². The molecule has 196 valence electrons. The molecule has 0 unspecified atom stereocenters. The minimum atomic E-state index is -3.77. The Morgan fingerprint density at radius 2 is 1.79 bits per heavy atom. The van der Waals surface area contributed by atoms with Gasteiger partial charge in [0.15, 0.2) is 0 Å². The SMILES string of the molecule is Cc1cc(-c2nc3c(C)cc(OCCNS(=O)(=O)c4ccc(F)cc4)cc3s2)c2ncc(OCF)nc2c1. The van der Waals surface area contributed by atoms with Crippen LogP contribution in [0.25, 0.3) is 31.8 Å². The van der Waals surface area contributed by atoms with Gasteiger partial charge in [-0.15, -0.1) is 11.3 Å². The van der Waals surface area contributed by atoms with Gasteiger partial charge >= 0.3 is 0 Å². The van der Waals surface area contributed by atoms with E-state index in [1.807, 2.05) is 38.1 Å². The summed E-state index contributed by atoms with van der Waals surface area (Å²) >= 11 is 1.47. The second-order valence-electron chi connectivity index (χ2n) is 8.45. The first-order chi connectivity index (χ1) is 18.2. The highest BCUT2D eigenvalue weighted by Crippen LogP contribution is 2.37. The van der Waals surface area contributed by atoms with Crippen molar-refractivity contribution in [1.82, 2.24) is 19.7 Å². The predicted octanol–water partition coefficient (Wildman–Crippen LogP) is 5.33. The van der Waals surface area contributed by atoms with Crippen molar-refractivity contribution in [2.24, 2.45) is 0 Å². The van der Waals surface area contributed by atoms with Crippen LogP contribution in [-0.2, 0) is 10.0 Å². The standard InChI is InChI=1S/C26H22F2N4O4S2/c1-15-9-20(25-21(10-15)31-23(13-29-25)36-14-27)26-32-24-16(2)11-18(12-22(24)37-26)35-8-7-30-38(33,34)19-5-3-17(28)4-6-19/h3-6,9-13,30H,7-8,14H2,1-2H3. The van der Waals surface area contributed by atoms with Gasteiger partial charge in [0.05, 0.1) is 32.3 Å². The normalized spacial score (nSPS) is 11.8. The Balaban J connectivity index is 1.35. The lowest BCUT2D eigenvalue weighted by Gasteiger charge is -2.09. The van der Waals surface area contributed by atoms with Crippen LogP contribution < -0.4 is 14.2 Å². The van der Waals surface area contributed by atoms with E-state index >= 15 is 0 Å². The molecule has 0 atom stereocenters. The summed E-state index contributed by atoms with van der Waals surface area (Å²) in [6.45, 7) is 3.00. The predicted molar refractivity (Wildman–Crippen MR) is 141 cm³/mol. The van der Waals surface area contributed by atoms with Gasteiger partial charge in [0.25, 0.3) is 0 Å². The molecule has 0 saturated carbocycles. The number of nitrogens with zero attached hydrogens (tertiary/aromatic N) is 3. The zero-order valence-electron chi connectivity index (χ0n) is 20.4. The van der Waals surface area contributed by atoms with Gasteiger partial charge in [-0.05, 0) is 73.5 Å². The first-order valence-corrected chi connectivity index (χ1v) is 13.8. The Morgan fingerprint density at radius 3 is 2.55 bits per heavy atom. The molecule has 0 aliphatic rings. The first-order valence-electron chi connectivity index (χ1n) is 11.5. The number of fused-ring (bicyclic) bond motifs is 2. The minimum Gasteiger partial charge on any atom is -0.492 e. The fraction of sp³-hybridized carbons (Fsp3) is 0.192. The highest BCUT2D eigenvalue weighted by Gasteiger charge is 2.16.